The van der Waals surface area contributed by atoms with Crippen LogP contribution in [0.15, 0.2) is 46.9 Å². The summed E-state index contributed by atoms with van der Waals surface area (Å²) in [5, 5.41) is 0.631. The molecule has 1 unspecified atom stereocenters. The molecule has 0 radical (unpaired) electrons. The van der Waals surface area contributed by atoms with E-state index < -0.39 is 0 Å². The molecule has 0 spiro atoms. The van der Waals surface area contributed by atoms with Crippen LogP contribution in [-0.2, 0) is 0 Å². The summed E-state index contributed by atoms with van der Waals surface area (Å²) >= 11 is 9.29. The third kappa shape index (κ3) is 2.90. The molecular formula is C13H11BrClFN2. The molecule has 94 valence electrons. The molecule has 0 heterocycles. The van der Waals surface area contributed by atoms with Crippen LogP contribution in [0.3, 0.4) is 0 Å². The highest BCUT2D eigenvalue weighted by Crippen LogP contribution is 2.29. The van der Waals surface area contributed by atoms with Gasteiger partial charge in [0.05, 0.1) is 6.04 Å². The molecule has 5 heteroatoms. The predicted molar refractivity (Wildman–Crippen MR) is 74.7 cm³/mol. The predicted octanol–water partition coefficient (Wildman–Crippen LogP) is 3.79. The lowest BCUT2D eigenvalue weighted by Gasteiger charge is -2.18. The third-order valence-electron chi connectivity index (χ3n) is 2.62. The summed E-state index contributed by atoms with van der Waals surface area (Å²) in [5.74, 6) is 5.29. The van der Waals surface area contributed by atoms with Crippen molar-refractivity contribution in [2.24, 2.45) is 5.84 Å². The molecule has 3 N–H and O–H groups in total. The Labute approximate surface area is 118 Å². The summed E-state index contributed by atoms with van der Waals surface area (Å²) in [5.41, 5.74) is 4.47. The Kier molecular flexibility index (Phi) is 4.35. The number of benzene rings is 2. The van der Waals surface area contributed by atoms with E-state index in [-0.39, 0.29) is 11.9 Å². The van der Waals surface area contributed by atoms with E-state index in [1.807, 2.05) is 18.2 Å². The molecule has 2 rings (SSSR count). The first kappa shape index (κ1) is 13.5. The summed E-state index contributed by atoms with van der Waals surface area (Å²) in [6.45, 7) is 0. The fourth-order valence-corrected chi connectivity index (χ4v) is 2.57. The fraction of sp³-hybridized carbons (Fsp3) is 0.0769. The van der Waals surface area contributed by atoms with Crippen molar-refractivity contribution in [1.82, 2.24) is 5.43 Å². The number of halogens is 3. The van der Waals surface area contributed by atoms with E-state index >= 15 is 0 Å². The second-order valence-electron chi connectivity index (χ2n) is 3.82. The summed E-state index contributed by atoms with van der Waals surface area (Å²) in [6.07, 6.45) is 0. The van der Waals surface area contributed by atoms with Gasteiger partial charge in [0.25, 0.3) is 0 Å². The lowest BCUT2D eigenvalue weighted by Crippen LogP contribution is -2.29. The van der Waals surface area contributed by atoms with Crippen molar-refractivity contribution in [2.75, 3.05) is 0 Å². The molecule has 0 amide bonds. The van der Waals surface area contributed by atoms with Crippen LogP contribution in [0.25, 0.3) is 0 Å². The van der Waals surface area contributed by atoms with Gasteiger partial charge in [0, 0.05) is 9.50 Å². The summed E-state index contributed by atoms with van der Waals surface area (Å²) in [4.78, 5) is 0. The van der Waals surface area contributed by atoms with E-state index in [4.69, 9.17) is 17.4 Å². The minimum absolute atomic E-state index is 0.251. The zero-order valence-electron chi connectivity index (χ0n) is 9.33. The molecule has 2 aromatic rings. The summed E-state index contributed by atoms with van der Waals surface area (Å²) < 4.78 is 13.7. The molecular weight excluding hydrogens is 319 g/mol. The quantitative estimate of drug-likeness (QED) is 0.664. The van der Waals surface area contributed by atoms with Crippen molar-refractivity contribution in [2.45, 2.75) is 6.04 Å². The Balaban J connectivity index is 2.45. The van der Waals surface area contributed by atoms with Gasteiger partial charge in [-0.1, -0.05) is 45.7 Å². The average molecular weight is 330 g/mol. The average Bonchev–Trinajstić information content (AvgIpc) is 2.33. The van der Waals surface area contributed by atoms with Crippen LogP contribution in [0.4, 0.5) is 4.39 Å². The number of rotatable bonds is 3. The molecule has 2 aromatic carbocycles. The van der Waals surface area contributed by atoms with Crippen molar-refractivity contribution in [1.29, 1.82) is 0 Å². The van der Waals surface area contributed by atoms with Crippen molar-refractivity contribution < 1.29 is 4.39 Å². The second-order valence-corrected chi connectivity index (χ2v) is 5.11. The number of hydrazine groups is 1. The topological polar surface area (TPSA) is 38.0 Å². The maximum atomic E-state index is 13.1. The van der Waals surface area contributed by atoms with E-state index in [2.05, 4.69) is 21.4 Å². The van der Waals surface area contributed by atoms with E-state index in [1.54, 1.807) is 12.1 Å². The highest BCUT2D eigenvalue weighted by atomic mass is 79.9. The summed E-state index contributed by atoms with van der Waals surface area (Å²) in [6, 6.07) is 11.6. The van der Waals surface area contributed by atoms with Gasteiger partial charge in [-0.3, -0.25) is 5.84 Å². The SMILES string of the molecule is NNC(c1cccc(Cl)c1)c1ccc(F)cc1Br. The molecule has 0 saturated heterocycles. The van der Waals surface area contributed by atoms with Gasteiger partial charge in [0.1, 0.15) is 5.82 Å². The highest BCUT2D eigenvalue weighted by molar-refractivity contribution is 9.10. The van der Waals surface area contributed by atoms with Crippen LogP contribution in [-0.4, -0.2) is 0 Å². The molecule has 0 fully saturated rings. The van der Waals surface area contributed by atoms with Crippen LogP contribution < -0.4 is 11.3 Å². The number of hydrogen-bond acceptors (Lipinski definition) is 2. The minimum Gasteiger partial charge on any atom is -0.271 e. The van der Waals surface area contributed by atoms with Gasteiger partial charge in [-0.05, 0) is 35.4 Å². The molecule has 0 aliphatic rings. The van der Waals surface area contributed by atoms with Crippen LogP contribution >= 0.6 is 27.5 Å². The molecule has 2 nitrogen and oxygen atoms in total. The van der Waals surface area contributed by atoms with Gasteiger partial charge in [-0.2, -0.15) is 0 Å². The van der Waals surface area contributed by atoms with Crippen LogP contribution in [0.5, 0.6) is 0 Å². The van der Waals surface area contributed by atoms with E-state index in [1.165, 1.54) is 12.1 Å². The van der Waals surface area contributed by atoms with Crippen molar-refractivity contribution in [3.63, 3.8) is 0 Å². The Morgan fingerprint density at radius 1 is 1.22 bits per heavy atom. The Bertz CT molecular complexity index is 562. The lowest BCUT2D eigenvalue weighted by molar-refractivity contribution is 0.613. The first-order chi connectivity index (χ1) is 8.61. The zero-order chi connectivity index (χ0) is 13.1. The van der Waals surface area contributed by atoms with Gasteiger partial charge < -0.3 is 0 Å². The Morgan fingerprint density at radius 2 is 2.00 bits per heavy atom. The maximum absolute atomic E-state index is 13.1. The minimum atomic E-state index is -0.299. The largest absolute Gasteiger partial charge is 0.271 e. The first-order valence-corrected chi connectivity index (χ1v) is 6.45. The molecule has 0 aliphatic carbocycles. The monoisotopic (exact) mass is 328 g/mol. The van der Waals surface area contributed by atoms with Crippen LogP contribution in [0.1, 0.15) is 17.2 Å². The van der Waals surface area contributed by atoms with Gasteiger partial charge in [0.2, 0.25) is 0 Å². The number of hydrogen-bond donors (Lipinski definition) is 2. The number of nitrogens with one attached hydrogen (secondary N) is 1. The lowest BCUT2D eigenvalue weighted by atomic mass is 9.99. The molecule has 0 saturated carbocycles. The van der Waals surface area contributed by atoms with Crippen molar-refractivity contribution in [3.8, 4) is 0 Å². The molecule has 0 bridgehead atoms. The van der Waals surface area contributed by atoms with Gasteiger partial charge >= 0.3 is 0 Å². The van der Waals surface area contributed by atoms with Crippen LogP contribution in [0.2, 0.25) is 5.02 Å². The smallest absolute Gasteiger partial charge is 0.124 e. The molecule has 18 heavy (non-hydrogen) atoms. The van der Waals surface area contributed by atoms with Gasteiger partial charge in [0.15, 0.2) is 0 Å². The second kappa shape index (κ2) is 5.80. The van der Waals surface area contributed by atoms with Crippen molar-refractivity contribution >= 4 is 27.5 Å². The normalized spacial score (nSPS) is 12.4. The highest BCUT2D eigenvalue weighted by Gasteiger charge is 2.15. The van der Waals surface area contributed by atoms with Gasteiger partial charge in [-0.25, -0.2) is 9.82 Å². The van der Waals surface area contributed by atoms with E-state index in [9.17, 15) is 4.39 Å². The fourth-order valence-electron chi connectivity index (χ4n) is 1.79. The van der Waals surface area contributed by atoms with Crippen molar-refractivity contribution in [3.05, 3.63) is 68.9 Å². The molecule has 0 aliphatic heterocycles. The molecule has 0 aromatic heterocycles. The number of nitrogens with two attached hydrogens (primary N) is 1. The van der Waals surface area contributed by atoms with Crippen LogP contribution in [0, 0.1) is 5.82 Å². The zero-order valence-corrected chi connectivity index (χ0v) is 11.7. The molecule has 1 atom stereocenters. The standard InChI is InChI=1S/C13H11BrClFN2/c14-12-7-10(16)4-5-11(12)13(18-17)8-2-1-3-9(15)6-8/h1-7,13,18H,17H2. The Hall–Kier alpha value is -0.940. The van der Waals surface area contributed by atoms with E-state index in [0.717, 1.165) is 11.1 Å². The maximum Gasteiger partial charge on any atom is 0.124 e. The van der Waals surface area contributed by atoms with Gasteiger partial charge in [-0.15, -0.1) is 0 Å². The summed E-state index contributed by atoms with van der Waals surface area (Å²) in [7, 11) is 0. The Morgan fingerprint density at radius 3 is 2.61 bits per heavy atom. The van der Waals surface area contributed by atoms with E-state index in [0.29, 0.717) is 9.50 Å². The first-order valence-electron chi connectivity index (χ1n) is 5.28. The third-order valence-corrected chi connectivity index (χ3v) is 3.54.